The first-order chi connectivity index (χ1) is 14.2. The average molecular weight is 418 g/mol. The quantitative estimate of drug-likeness (QED) is 0.662. The molecule has 9 fully saturated rings. The number of hydrogen-bond donors (Lipinski definition) is 1. The van der Waals surface area contributed by atoms with Gasteiger partial charge >= 0.3 is 5.97 Å². The van der Waals surface area contributed by atoms with Gasteiger partial charge in [-0.2, -0.15) is 0 Å². The number of rotatable bonds is 1. The second kappa shape index (κ2) is 5.44. The lowest BCUT2D eigenvalue weighted by molar-refractivity contribution is -0.447. The van der Waals surface area contributed by atoms with Gasteiger partial charge in [-0.25, -0.2) is 4.90 Å². The van der Waals surface area contributed by atoms with Crippen LogP contribution in [0, 0.1) is 34.0 Å². The Hall–Kier alpha value is -0.690. The molecule has 166 valence electrons. The number of piperidine rings is 1. The molecule has 0 aromatic carbocycles. The summed E-state index contributed by atoms with van der Waals surface area (Å²) in [5.74, 6) is 1.01. The van der Waals surface area contributed by atoms with Crippen LogP contribution < -0.4 is 0 Å². The predicted molar refractivity (Wildman–Crippen MR) is 107 cm³/mol. The van der Waals surface area contributed by atoms with E-state index >= 15 is 0 Å². The molecule has 9 rings (SSSR count). The van der Waals surface area contributed by atoms with E-state index in [-0.39, 0.29) is 52.8 Å². The van der Waals surface area contributed by atoms with Crippen LogP contribution >= 0.6 is 0 Å². The molecule has 0 radical (unpaired) electrons. The molecule has 0 aromatic heterocycles. The molecule has 30 heavy (non-hydrogen) atoms. The monoisotopic (exact) mass is 417 g/mol. The van der Waals surface area contributed by atoms with Gasteiger partial charge < -0.3 is 19.3 Å². The van der Waals surface area contributed by atoms with E-state index in [1.54, 1.807) is 6.92 Å². The van der Waals surface area contributed by atoms with Gasteiger partial charge in [0.15, 0.2) is 0 Å². The molecule has 5 saturated carbocycles. The Labute approximate surface area is 178 Å². The van der Waals surface area contributed by atoms with E-state index in [0.29, 0.717) is 11.8 Å². The Kier molecular flexibility index (Phi) is 3.42. The molecule has 1 N–H and O–H groups in total. The Morgan fingerprint density at radius 2 is 2.03 bits per heavy atom. The number of nitrogens with zero attached hydrogens (tertiary/aromatic N) is 1. The van der Waals surface area contributed by atoms with Crippen molar-refractivity contribution in [2.45, 2.75) is 96.0 Å². The van der Waals surface area contributed by atoms with Gasteiger partial charge in [-0.3, -0.25) is 4.79 Å². The Bertz CT molecular complexity index is 815. The maximum absolute atomic E-state index is 12.3. The molecule has 6 heteroatoms. The Morgan fingerprint density at radius 3 is 2.80 bits per heavy atom. The van der Waals surface area contributed by atoms with Crippen LogP contribution in [0.2, 0.25) is 0 Å². The summed E-state index contributed by atoms with van der Waals surface area (Å²) in [4.78, 5) is 14.8. The van der Waals surface area contributed by atoms with Crippen molar-refractivity contribution >= 4 is 5.97 Å². The number of ether oxygens (including phenoxy) is 3. The van der Waals surface area contributed by atoms with E-state index in [2.05, 4.69) is 11.8 Å². The Balaban J connectivity index is 1.46. The highest BCUT2D eigenvalue weighted by atomic mass is 16.6. The van der Waals surface area contributed by atoms with Crippen LogP contribution in [-0.2, 0) is 19.0 Å². The van der Waals surface area contributed by atoms with E-state index < -0.39 is 5.60 Å². The molecular formula is C24H35NO5. The van der Waals surface area contributed by atoms with Crippen LogP contribution in [0.3, 0.4) is 0 Å². The zero-order chi connectivity index (χ0) is 20.7. The van der Waals surface area contributed by atoms with Crippen LogP contribution in [0.4, 0.5) is 0 Å². The van der Waals surface area contributed by atoms with Crippen LogP contribution in [0.15, 0.2) is 0 Å². The van der Waals surface area contributed by atoms with Crippen molar-refractivity contribution in [3.05, 3.63) is 0 Å². The van der Waals surface area contributed by atoms with Crippen molar-refractivity contribution in [1.82, 2.24) is 4.90 Å². The molecule has 4 heterocycles. The lowest BCUT2D eigenvalue weighted by Crippen LogP contribution is -2.86. The fourth-order valence-electron chi connectivity index (χ4n) is 10.5. The molecule has 0 aromatic rings. The SMILES string of the molecule is CC(=O)O[C@@H]1[C@H]2O[C@H]3N4CCO[C@@H]4[C@]4(C)CCC[C@]3([C@H]14)[C@@H]1C[C@@H]3CC[C@]21C[C@]3(C)O. The minimum absolute atomic E-state index is 0.00123. The van der Waals surface area contributed by atoms with Crippen molar-refractivity contribution < 1.29 is 24.1 Å². The van der Waals surface area contributed by atoms with Gasteiger partial charge in [0.05, 0.1) is 12.2 Å². The fourth-order valence-corrected chi connectivity index (χ4v) is 10.5. The highest BCUT2D eigenvalue weighted by Gasteiger charge is 2.83. The van der Waals surface area contributed by atoms with Crippen molar-refractivity contribution in [3.63, 3.8) is 0 Å². The van der Waals surface area contributed by atoms with Crippen molar-refractivity contribution in [2.24, 2.45) is 34.0 Å². The van der Waals surface area contributed by atoms with Crippen molar-refractivity contribution in [2.75, 3.05) is 13.2 Å². The van der Waals surface area contributed by atoms with E-state index in [0.717, 1.165) is 51.7 Å². The van der Waals surface area contributed by atoms with Gasteiger partial charge in [0.2, 0.25) is 0 Å². The molecule has 0 amide bonds. The fraction of sp³-hybridized carbons (Fsp3) is 0.958. The number of hydrogen-bond acceptors (Lipinski definition) is 6. The van der Waals surface area contributed by atoms with E-state index in [1.165, 1.54) is 6.42 Å². The summed E-state index contributed by atoms with van der Waals surface area (Å²) in [6.45, 7) is 7.68. The third-order valence-electron chi connectivity index (χ3n) is 11.0. The zero-order valence-corrected chi connectivity index (χ0v) is 18.4. The van der Waals surface area contributed by atoms with Gasteiger partial charge in [-0.05, 0) is 57.3 Å². The molecule has 4 saturated heterocycles. The molecular weight excluding hydrogens is 382 g/mol. The first-order valence-electron chi connectivity index (χ1n) is 12.2. The molecule has 5 aliphatic carbocycles. The van der Waals surface area contributed by atoms with Crippen molar-refractivity contribution in [3.8, 4) is 0 Å². The standard InChI is InChI=1S/C24H35NO5/c1-13(26)29-16-17-21(2)6-4-7-24(17)15-11-14-5-8-23(15,12-22(14,3)27)18(16)30-20(24)25-9-10-28-19(21)25/h14-20,27H,4-12H2,1-3H3/t14-,15+,16-,17+,18+,19+,20+,21+,22-,23+,24+/m0/s1. The van der Waals surface area contributed by atoms with E-state index in [9.17, 15) is 9.90 Å². The van der Waals surface area contributed by atoms with Gasteiger partial charge in [0.25, 0.3) is 0 Å². The number of fused-ring (bicyclic) bond motifs is 4. The van der Waals surface area contributed by atoms with Gasteiger partial charge in [-0.15, -0.1) is 0 Å². The first kappa shape index (κ1) is 18.8. The normalized spacial score (nSPS) is 62.7. The number of carbonyl (C=O) groups excluding carboxylic acids is 1. The number of aliphatic hydroxyl groups is 1. The summed E-state index contributed by atoms with van der Waals surface area (Å²) in [5, 5.41) is 11.3. The summed E-state index contributed by atoms with van der Waals surface area (Å²) in [7, 11) is 0. The largest absolute Gasteiger partial charge is 0.459 e. The lowest BCUT2D eigenvalue weighted by Gasteiger charge is -2.81. The maximum atomic E-state index is 12.3. The first-order valence-corrected chi connectivity index (χ1v) is 12.2. The summed E-state index contributed by atoms with van der Waals surface area (Å²) >= 11 is 0. The smallest absolute Gasteiger partial charge is 0.303 e. The lowest BCUT2D eigenvalue weighted by atomic mass is 9.31. The topological polar surface area (TPSA) is 68.2 Å². The van der Waals surface area contributed by atoms with Gasteiger partial charge in [0, 0.05) is 35.6 Å². The molecule has 6 nitrogen and oxygen atoms in total. The van der Waals surface area contributed by atoms with E-state index in [4.69, 9.17) is 14.2 Å². The molecule has 2 spiro atoms. The molecule has 0 unspecified atom stereocenters. The molecule has 11 atom stereocenters. The number of carbonyl (C=O) groups is 1. The average Bonchev–Trinajstić information content (AvgIpc) is 3.16. The van der Waals surface area contributed by atoms with Crippen LogP contribution in [-0.4, -0.2) is 59.4 Å². The van der Waals surface area contributed by atoms with Crippen LogP contribution in [0.5, 0.6) is 0 Å². The number of esters is 1. The minimum atomic E-state index is -0.640. The molecule has 4 aliphatic heterocycles. The predicted octanol–water partition coefficient (Wildman–Crippen LogP) is 2.68. The highest BCUT2D eigenvalue weighted by Crippen LogP contribution is 2.80. The van der Waals surface area contributed by atoms with Gasteiger partial charge in [-0.1, -0.05) is 13.3 Å². The van der Waals surface area contributed by atoms with Crippen molar-refractivity contribution in [1.29, 1.82) is 0 Å². The Morgan fingerprint density at radius 1 is 1.20 bits per heavy atom. The summed E-state index contributed by atoms with van der Waals surface area (Å²) < 4.78 is 19.6. The summed E-state index contributed by atoms with van der Waals surface area (Å²) in [6.07, 6.45) is 7.30. The minimum Gasteiger partial charge on any atom is -0.459 e. The second-order valence-electron chi connectivity index (χ2n) is 12.2. The van der Waals surface area contributed by atoms with E-state index in [1.807, 2.05) is 6.92 Å². The third kappa shape index (κ3) is 1.84. The summed E-state index contributed by atoms with van der Waals surface area (Å²) in [6, 6.07) is 0. The third-order valence-corrected chi connectivity index (χ3v) is 11.0. The zero-order valence-electron chi connectivity index (χ0n) is 18.4. The maximum Gasteiger partial charge on any atom is 0.303 e. The molecule has 9 aliphatic rings. The van der Waals surface area contributed by atoms with Crippen LogP contribution in [0.25, 0.3) is 0 Å². The van der Waals surface area contributed by atoms with Crippen LogP contribution in [0.1, 0.15) is 65.7 Å². The summed E-state index contributed by atoms with van der Waals surface area (Å²) in [5.41, 5.74) is -0.730. The second-order valence-corrected chi connectivity index (χ2v) is 12.2. The molecule has 7 bridgehead atoms. The highest BCUT2D eigenvalue weighted by molar-refractivity contribution is 5.66. The van der Waals surface area contributed by atoms with Gasteiger partial charge in [0.1, 0.15) is 24.7 Å².